The lowest BCUT2D eigenvalue weighted by molar-refractivity contribution is -0.144. The van der Waals surface area contributed by atoms with E-state index in [1.807, 2.05) is 90.1 Å². The van der Waals surface area contributed by atoms with Crippen LogP contribution >= 0.6 is 27.3 Å². The molecule has 13 nitrogen and oxygen atoms in total. The van der Waals surface area contributed by atoms with Crippen LogP contribution in [-0.2, 0) is 19.1 Å². The Hall–Kier alpha value is -5.64. The highest BCUT2D eigenvalue weighted by atomic mass is 79.9. The minimum Gasteiger partial charge on any atom is -0.372 e. The van der Waals surface area contributed by atoms with Gasteiger partial charge in [-0.15, -0.1) is 11.3 Å². The number of anilines is 2. The summed E-state index contributed by atoms with van der Waals surface area (Å²) in [6.07, 6.45) is 7.58. The first kappa shape index (κ1) is 49.3. The molecule has 7 rings (SSSR count). The Balaban J connectivity index is 0.927. The summed E-state index contributed by atoms with van der Waals surface area (Å²) >= 11 is 5.44. The van der Waals surface area contributed by atoms with Crippen molar-refractivity contribution < 1.29 is 23.6 Å². The number of rotatable bonds is 18. The summed E-state index contributed by atoms with van der Waals surface area (Å²) in [7, 11) is 0. The van der Waals surface area contributed by atoms with Crippen LogP contribution in [0.4, 0.5) is 11.4 Å². The topological polar surface area (TPSA) is 148 Å². The normalized spacial score (nSPS) is 14.8. The first-order chi connectivity index (χ1) is 32.0. The third-order valence-corrected chi connectivity index (χ3v) is 14.1. The Bertz CT molecular complexity index is 2660. The van der Waals surface area contributed by atoms with Gasteiger partial charge in [-0.05, 0) is 142 Å². The Morgan fingerprint density at radius 2 is 1.70 bits per heavy atom. The predicted octanol–water partition coefficient (Wildman–Crippen LogP) is 10.7. The number of nitrogens with zero attached hydrogens (tertiary/aromatic N) is 6. The Morgan fingerprint density at radius 1 is 0.940 bits per heavy atom. The lowest BCUT2D eigenvalue weighted by Gasteiger charge is -2.35. The van der Waals surface area contributed by atoms with Gasteiger partial charge >= 0.3 is 0 Å². The maximum atomic E-state index is 14.2. The summed E-state index contributed by atoms with van der Waals surface area (Å²) in [5.74, 6) is -0.0365. The van der Waals surface area contributed by atoms with Gasteiger partial charge in [-0.1, -0.05) is 62.3 Å². The van der Waals surface area contributed by atoms with Gasteiger partial charge in [0.05, 0.1) is 45.5 Å². The molecule has 1 aliphatic rings. The number of aromatic nitrogens is 4. The van der Waals surface area contributed by atoms with Crippen molar-refractivity contribution >= 4 is 56.4 Å². The number of hydrogen-bond acceptors (Lipinski definition) is 10. The molecule has 1 aliphatic heterocycles. The fourth-order valence-corrected chi connectivity index (χ4v) is 10.2. The molecule has 0 bridgehead atoms. The van der Waals surface area contributed by atoms with Crippen molar-refractivity contribution in [3.63, 3.8) is 0 Å². The second kappa shape index (κ2) is 21.5. The molecule has 15 heteroatoms. The molecule has 0 aliphatic carbocycles. The Kier molecular flexibility index (Phi) is 15.8. The second-order valence-electron chi connectivity index (χ2n) is 18.7. The third-order valence-electron chi connectivity index (χ3n) is 12.5. The van der Waals surface area contributed by atoms with E-state index in [9.17, 15) is 14.4 Å². The molecule has 4 heterocycles. The van der Waals surface area contributed by atoms with Crippen molar-refractivity contribution in [2.45, 2.75) is 113 Å². The first-order valence-electron chi connectivity index (χ1n) is 23.1. The van der Waals surface area contributed by atoms with Crippen LogP contribution in [0.5, 0.6) is 0 Å². The summed E-state index contributed by atoms with van der Waals surface area (Å²) in [6.45, 7) is 19.1. The van der Waals surface area contributed by atoms with E-state index in [1.165, 1.54) is 0 Å². The average Bonchev–Trinajstić information content (AvgIpc) is 4.12. The van der Waals surface area contributed by atoms with E-state index < -0.39 is 17.5 Å². The van der Waals surface area contributed by atoms with Crippen molar-refractivity contribution in [2.24, 2.45) is 5.41 Å². The zero-order chi connectivity index (χ0) is 48.0. The van der Waals surface area contributed by atoms with E-state index in [4.69, 9.17) is 9.26 Å². The van der Waals surface area contributed by atoms with Crippen molar-refractivity contribution in [1.82, 2.24) is 35.2 Å². The van der Waals surface area contributed by atoms with Gasteiger partial charge in [0.15, 0.2) is 0 Å². The molecule has 0 spiro atoms. The number of nitrogens with one attached hydrogen (secondary N) is 2. The number of thiazole rings is 1. The zero-order valence-corrected chi connectivity index (χ0v) is 42.5. The van der Waals surface area contributed by atoms with Gasteiger partial charge in [0, 0.05) is 47.3 Å². The Morgan fingerprint density at radius 3 is 2.36 bits per heavy atom. The lowest BCUT2D eigenvalue weighted by Crippen LogP contribution is -2.58. The minimum absolute atomic E-state index is 0.167. The van der Waals surface area contributed by atoms with Crippen LogP contribution in [-0.4, -0.2) is 80.7 Å². The number of carbonyl (C=O) groups excluding carboxylic acids is 3. The van der Waals surface area contributed by atoms with Gasteiger partial charge < -0.3 is 34.3 Å². The largest absolute Gasteiger partial charge is 0.372 e. The second-order valence-corrected chi connectivity index (χ2v) is 20.4. The van der Waals surface area contributed by atoms with E-state index in [2.05, 4.69) is 102 Å². The molecule has 67 heavy (non-hydrogen) atoms. The highest BCUT2D eigenvalue weighted by Gasteiger charge is 2.42. The molecule has 3 amide bonds. The maximum Gasteiger partial charge on any atom is 0.246 e. The van der Waals surface area contributed by atoms with Crippen LogP contribution in [0.3, 0.4) is 0 Å². The smallest absolute Gasteiger partial charge is 0.246 e. The van der Waals surface area contributed by atoms with Crippen molar-refractivity contribution in [1.29, 1.82) is 0 Å². The van der Waals surface area contributed by atoms with E-state index >= 15 is 0 Å². The number of benzene rings is 3. The Labute approximate surface area is 406 Å². The average molecular weight is 992 g/mol. The van der Waals surface area contributed by atoms with Crippen molar-refractivity contribution in [3.05, 3.63) is 117 Å². The minimum atomic E-state index is -0.833. The van der Waals surface area contributed by atoms with Crippen molar-refractivity contribution in [3.8, 4) is 27.3 Å². The molecule has 354 valence electrons. The summed E-state index contributed by atoms with van der Waals surface area (Å²) < 4.78 is 14.4. The number of hydrogen-bond donors (Lipinski definition) is 2. The number of carbonyl (C=O) groups is 3. The summed E-state index contributed by atoms with van der Waals surface area (Å²) in [4.78, 5) is 55.1. The fraction of sp³-hybridized carbons (Fsp3) is 0.423. The number of halogens is 1. The van der Waals surface area contributed by atoms with Gasteiger partial charge in [-0.25, -0.2) is 9.97 Å². The van der Waals surface area contributed by atoms with E-state index in [-0.39, 0.29) is 30.4 Å². The molecule has 0 unspecified atom stereocenters. The van der Waals surface area contributed by atoms with Crippen LogP contribution in [0.1, 0.15) is 99.8 Å². The number of likely N-dealkylation sites (tertiary alicyclic amines) is 1. The lowest BCUT2D eigenvalue weighted by atomic mass is 9.85. The molecule has 0 saturated carbocycles. The standard InChI is InChI=1S/C52H63BrN8O5S/c1-32-15-16-40(47-35(4)58-66-37(47)6)26-45(32)60(41-21-22-43(42(53)27-41)59-28-33(2)54-30-59)23-11-10-12-25-65-29-46(62)57-49(52(7,8)9)51(64)61-24-13-14-44(61)50(63)56-34(3)38-17-19-39(20-18-38)48-36(5)55-31-67-48/h15-22,26-28,30-31,34,44,49H,10-14,23-25,29H2,1-9H3,(H,56,63)(H,57,62)/t34-,44-,49+/m0/s1. The van der Waals surface area contributed by atoms with Gasteiger partial charge in [0.25, 0.3) is 0 Å². The molecule has 3 aromatic carbocycles. The number of aryl methyl sites for hydroxylation is 5. The monoisotopic (exact) mass is 990 g/mol. The van der Waals surface area contributed by atoms with Gasteiger partial charge in [-0.3, -0.25) is 14.4 Å². The fourth-order valence-electron chi connectivity index (χ4n) is 8.80. The number of amides is 3. The first-order valence-corrected chi connectivity index (χ1v) is 24.8. The molecule has 6 aromatic rings. The summed E-state index contributed by atoms with van der Waals surface area (Å²) in [5, 5.41) is 10.3. The van der Waals surface area contributed by atoms with Crippen LogP contribution < -0.4 is 15.5 Å². The molecular formula is C52H63BrN8O5S. The highest BCUT2D eigenvalue weighted by Crippen LogP contribution is 2.38. The summed E-state index contributed by atoms with van der Waals surface area (Å²) in [5.41, 5.74) is 12.4. The molecular weight excluding hydrogens is 929 g/mol. The third kappa shape index (κ3) is 11.7. The van der Waals surface area contributed by atoms with Crippen LogP contribution in [0.2, 0.25) is 0 Å². The quantitative estimate of drug-likeness (QED) is 0.0803. The van der Waals surface area contributed by atoms with Crippen LogP contribution in [0, 0.1) is 40.0 Å². The van der Waals surface area contributed by atoms with E-state index in [1.54, 1.807) is 16.2 Å². The number of imidazole rings is 1. The zero-order valence-electron chi connectivity index (χ0n) is 40.1. The van der Waals surface area contributed by atoms with Crippen LogP contribution in [0.15, 0.2) is 87.7 Å². The van der Waals surface area contributed by atoms with E-state index in [0.29, 0.717) is 26.0 Å². The SMILES string of the molecule is Cc1cn(-c2ccc(N(CCCCCOCC(=O)N[C@H](C(=O)N3CCC[C@H]3C(=O)N[C@@H](C)c3ccc(-c4scnc4C)cc3)C(C)(C)C)c3cc(-c4c(C)noc4C)ccc3C)cc2Br)cn1. The molecule has 3 aromatic heterocycles. The van der Waals surface area contributed by atoms with Gasteiger partial charge in [0.1, 0.15) is 24.5 Å². The maximum absolute atomic E-state index is 14.2. The molecule has 3 atom stereocenters. The highest BCUT2D eigenvalue weighted by molar-refractivity contribution is 9.10. The molecule has 0 radical (unpaired) electrons. The molecule has 2 N–H and O–H groups in total. The number of unbranched alkanes of at least 4 members (excludes halogenated alkanes) is 2. The van der Waals surface area contributed by atoms with Gasteiger partial charge in [0.2, 0.25) is 17.7 Å². The van der Waals surface area contributed by atoms with Gasteiger partial charge in [-0.2, -0.15) is 0 Å². The molecule has 1 saturated heterocycles. The van der Waals surface area contributed by atoms with Crippen LogP contribution in [0.25, 0.3) is 27.3 Å². The number of ether oxygens (including phenoxy) is 1. The summed E-state index contributed by atoms with van der Waals surface area (Å²) in [6, 6.07) is 19.3. The predicted molar refractivity (Wildman–Crippen MR) is 269 cm³/mol. The van der Waals surface area contributed by atoms with Crippen molar-refractivity contribution in [2.75, 3.05) is 31.2 Å². The molecule has 1 fully saturated rings. The van der Waals surface area contributed by atoms with E-state index in [0.717, 1.165) is 103 Å².